The van der Waals surface area contributed by atoms with E-state index in [-0.39, 0.29) is 12.5 Å². The van der Waals surface area contributed by atoms with Crippen LogP contribution in [0.25, 0.3) is 10.9 Å². The number of amides is 1. The van der Waals surface area contributed by atoms with E-state index < -0.39 is 0 Å². The first kappa shape index (κ1) is 16.5. The van der Waals surface area contributed by atoms with Crippen LogP contribution in [0.4, 0.5) is 5.69 Å². The maximum Gasteiger partial charge on any atom is 0.259 e. The number of carbonyl (C=O) groups excluding carboxylic acids is 1. The highest BCUT2D eigenvalue weighted by molar-refractivity contribution is 9.10. The number of nitrogens with zero attached hydrogens (tertiary/aromatic N) is 1. The smallest absolute Gasteiger partial charge is 0.259 e. The van der Waals surface area contributed by atoms with Gasteiger partial charge in [-0.1, -0.05) is 29.8 Å². The van der Waals surface area contributed by atoms with Crippen LogP contribution in [0.15, 0.2) is 58.2 Å². The molecule has 1 heterocycles. The van der Waals surface area contributed by atoms with Gasteiger partial charge in [-0.15, -0.1) is 0 Å². The Labute approximate surface area is 152 Å². The van der Waals surface area contributed by atoms with E-state index in [1.165, 1.54) is 0 Å². The molecule has 0 unspecified atom stereocenters. The minimum Gasteiger partial charge on any atom is -0.375 e. The van der Waals surface area contributed by atoms with E-state index in [0.29, 0.717) is 5.02 Å². The number of hydrazone groups is 1. The number of H-pyrrole nitrogens is 1. The molecule has 0 atom stereocenters. The third-order valence-electron chi connectivity index (χ3n) is 3.38. The zero-order chi connectivity index (χ0) is 16.9. The van der Waals surface area contributed by atoms with Gasteiger partial charge in [0.25, 0.3) is 5.91 Å². The zero-order valence-electron chi connectivity index (χ0n) is 12.5. The molecule has 0 spiro atoms. The monoisotopic (exact) mass is 404 g/mol. The molecule has 0 aliphatic heterocycles. The van der Waals surface area contributed by atoms with Gasteiger partial charge in [0.1, 0.15) is 0 Å². The standard InChI is InChI=1S/C17H14BrClN4O/c18-14-7-12(19)5-6-16(14)21-10-17(24)23-22-9-11-8-20-15-4-2-1-3-13(11)15/h1-9,20-21H,10H2,(H,23,24). The average molecular weight is 406 g/mol. The molecule has 24 heavy (non-hydrogen) atoms. The molecule has 1 aromatic heterocycles. The lowest BCUT2D eigenvalue weighted by molar-refractivity contribution is -0.119. The number of halogens is 2. The lowest BCUT2D eigenvalue weighted by Crippen LogP contribution is -2.25. The number of nitrogens with one attached hydrogen (secondary N) is 3. The molecule has 0 saturated heterocycles. The number of hydrogen-bond acceptors (Lipinski definition) is 3. The number of anilines is 1. The average Bonchev–Trinajstić information content (AvgIpc) is 2.97. The molecule has 122 valence electrons. The van der Waals surface area contributed by atoms with Crippen LogP contribution in [0.1, 0.15) is 5.56 Å². The van der Waals surface area contributed by atoms with Crippen molar-refractivity contribution in [3.63, 3.8) is 0 Å². The van der Waals surface area contributed by atoms with Gasteiger partial charge in [-0.05, 0) is 40.2 Å². The van der Waals surface area contributed by atoms with Crippen molar-refractivity contribution < 1.29 is 4.79 Å². The van der Waals surface area contributed by atoms with Crippen molar-refractivity contribution in [3.8, 4) is 0 Å². The Balaban J connectivity index is 1.55. The van der Waals surface area contributed by atoms with Crippen LogP contribution in [0, 0.1) is 0 Å². The van der Waals surface area contributed by atoms with Crippen LogP contribution >= 0.6 is 27.5 Å². The Bertz CT molecular complexity index is 906. The van der Waals surface area contributed by atoms with Crippen LogP contribution in [0.3, 0.4) is 0 Å². The molecule has 0 bridgehead atoms. The van der Waals surface area contributed by atoms with Crippen molar-refractivity contribution in [3.05, 3.63) is 63.7 Å². The first-order chi connectivity index (χ1) is 11.6. The molecule has 3 aromatic rings. The molecule has 3 rings (SSSR count). The second-order valence-corrected chi connectivity index (χ2v) is 6.35. The molecular weight excluding hydrogens is 392 g/mol. The summed E-state index contributed by atoms with van der Waals surface area (Å²) in [6.45, 7) is 0.103. The number of aromatic nitrogens is 1. The quantitative estimate of drug-likeness (QED) is 0.441. The van der Waals surface area contributed by atoms with Crippen molar-refractivity contribution in [1.82, 2.24) is 10.4 Å². The fourth-order valence-electron chi connectivity index (χ4n) is 2.22. The van der Waals surface area contributed by atoms with Gasteiger partial charge in [0, 0.05) is 37.8 Å². The number of hydrogen-bond donors (Lipinski definition) is 3. The van der Waals surface area contributed by atoms with Crippen molar-refractivity contribution in [1.29, 1.82) is 0 Å². The van der Waals surface area contributed by atoms with Gasteiger partial charge in [-0.3, -0.25) is 4.79 Å². The van der Waals surface area contributed by atoms with Crippen LogP contribution in [-0.4, -0.2) is 23.7 Å². The summed E-state index contributed by atoms with van der Waals surface area (Å²) in [4.78, 5) is 15.0. The van der Waals surface area contributed by atoms with Gasteiger partial charge in [0.05, 0.1) is 12.8 Å². The van der Waals surface area contributed by atoms with Gasteiger partial charge in [-0.25, -0.2) is 5.43 Å². The summed E-state index contributed by atoms with van der Waals surface area (Å²) in [5, 5.41) is 8.69. The number of rotatable bonds is 5. The highest BCUT2D eigenvalue weighted by Crippen LogP contribution is 2.25. The second-order valence-electron chi connectivity index (χ2n) is 5.06. The summed E-state index contributed by atoms with van der Waals surface area (Å²) in [5.41, 5.74) is 5.23. The van der Waals surface area contributed by atoms with Crippen LogP contribution in [0.2, 0.25) is 5.02 Å². The minimum absolute atomic E-state index is 0.103. The fourth-order valence-corrected chi connectivity index (χ4v) is 3.05. The molecule has 0 saturated carbocycles. The fraction of sp³-hybridized carbons (Fsp3) is 0.0588. The number of fused-ring (bicyclic) bond motifs is 1. The number of para-hydroxylation sites is 1. The van der Waals surface area contributed by atoms with Crippen LogP contribution < -0.4 is 10.7 Å². The first-order valence-electron chi connectivity index (χ1n) is 7.20. The molecular formula is C17H14BrClN4O. The van der Waals surface area contributed by atoms with E-state index in [1.807, 2.05) is 30.5 Å². The van der Waals surface area contributed by atoms with E-state index in [1.54, 1.807) is 24.4 Å². The number of aromatic amines is 1. The molecule has 7 heteroatoms. The molecule has 0 aliphatic carbocycles. The summed E-state index contributed by atoms with van der Waals surface area (Å²) >= 11 is 9.27. The molecule has 1 amide bonds. The van der Waals surface area contributed by atoms with E-state index in [4.69, 9.17) is 11.6 Å². The van der Waals surface area contributed by atoms with Crippen molar-refractivity contribution >= 4 is 56.2 Å². The predicted octanol–water partition coefficient (Wildman–Crippen LogP) is 4.15. The lowest BCUT2D eigenvalue weighted by Gasteiger charge is -2.07. The second kappa shape index (κ2) is 7.51. The van der Waals surface area contributed by atoms with Crippen LogP contribution in [-0.2, 0) is 4.79 Å². The Morgan fingerprint density at radius 2 is 2.12 bits per heavy atom. The Kier molecular flexibility index (Phi) is 5.17. The van der Waals surface area contributed by atoms with Crippen molar-refractivity contribution in [2.24, 2.45) is 5.10 Å². The zero-order valence-corrected chi connectivity index (χ0v) is 14.9. The van der Waals surface area contributed by atoms with Crippen LogP contribution in [0.5, 0.6) is 0 Å². The largest absolute Gasteiger partial charge is 0.375 e. The Morgan fingerprint density at radius 3 is 2.96 bits per heavy atom. The topological polar surface area (TPSA) is 69.3 Å². The summed E-state index contributed by atoms with van der Waals surface area (Å²) < 4.78 is 0.796. The van der Waals surface area contributed by atoms with E-state index in [9.17, 15) is 4.79 Å². The maximum absolute atomic E-state index is 11.9. The number of benzene rings is 2. The molecule has 5 nitrogen and oxygen atoms in total. The number of carbonyl (C=O) groups is 1. The lowest BCUT2D eigenvalue weighted by atomic mass is 10.2. The van der Waals surface area contributed by atoms with Gasteiger partial charge >= 0.3 is 0 Å². The molecule has 3 N–H and O–H groups in total. The van der Waals surface area contributed by atoms with Gasteiger partial charge in [0.2, 0.25) is 0 Å². The third kappa shape index (κ3) is 3.96. The predicted molar refractivity (Wildman–Crippen MR) is 102 cm³/mol. The Hall–Kier alpha value is -2.31. The molecule has 0 aliphatic rings. The first-order valence-corrected chi connectivity index (χ1v) is 8.37. The van der Waals surface area contributed by atoms with Gasteiger partial charge in [-0.2, -0.15) is 5.10 Å². The summed E-state index contributed by atoms with van der Waals surface area (Å²) in [6, 6.07) is 13.2. The molecule has 2 aromatic carbocycles. The molecule has 0 radical (unpaired) electrons. The summed E-state index contributed by atoms with van der Waals surface area (Å²) in [5.74, 6) is -0.243. The highest BCUT2D eigenvalue weighted by Gasteiger charge is 2.04. The summed E-state index contributed by atoms with van der Waals surface area (Å²) in [7, 11) is 0. The van der Waals surface area contributed by atoms with Gasteiger partial charge < -0.3 is 10.3 Å². The third-order valence-corrected chi connectivity index (χ3v) is 4.28. The highest BCUT2D eigenvalue weighted by atomic mass is 79.9. The van der Waals surface area contributed by atoms with E-state index in [2.05, 4.69) is 36.8 Å². The minimum atomic E-state index is -0.243. The normalized spacial score (nSPS) is 11.1. The van der Waals surface area contributed by atoms with Crippen molar-refractivity contribution in [2.45, 2.75) is 0 Å². The van der Waals surface area contributed by atoms with E-state index >= 15 is 0 Å². The maximum atomic E-state index is 11.9. The molecule has 0 fully saturated rings. The Morgan fingerprint density at radius 1 is 1.29 bits per heavy atom. The van der Waals surface area contributed by atoms with E-state index in [0.717, 1.165) is 26.6 Å². The SMILES string of the molecule is O=C(CNc1ccc(Cl)cc1Br)NN=Cc1c[nH]c2ccccc12. The van der Waals surface area contributed by atoms with Crippen molar-refractivity contribution in [2.75, 3.05) is 11.9 Å². The summed E-state index contributed by atoms with van der Waals surface area (Å²) in [6.07, 6.45) is 3.47. The van der Waals surface area contributed by atoms with Gasteiger partial charge in [0.15, 0.2) is 0 Å².